The lowest BCUT2D eigenvalue weighted by Crippen LogP contribution is -2.40. The Labute approximate surface area is 161 Å². The van der Waals surface area contributed by atoms with Crippen molar-refractivity contribution in [2.45, 2.75) is 19.4 Å². The third kappa shape index (κ3) is 3.62. The lowest BCUT2D eigenvalue weighted by molar-refractivity contribution is -0.131. The number of ether oxygens (including phenoxy) is 1. The normalized spacial score (nSPS) is 13.1. The number of nitrogens with zero attached hydrogens (tertiary/aromatic N) is 4. The number of rotatable bonds is 4. The molecule has 8 heteroatoms. The average Bonchev–Trinajstić information content (AvgIpc) is 2.74. The minimum Gasteiger partial charge on any atom is -0.497 e. The van der Waals surface area contributed by atoms with Crippen LogP contribution < -0.4 is 10.3 Å². The molecule has 8 nitrogen and oxygen atoms in total. The summed E-state index contributed by atoms with van der Waals surface area (Å²) in [6, 6.07) is 7.45. The quantitative estimate of drug-likeness (QED) is 0.737. The fraction of sp³-hybridized carbons (Fsp3) is 0.250. The number of fused-ring (bicyclic) bond motifs is 1. The van der Waals surface area contributed by atoms with Crippen LogP contribution in [0.5, 0.6) is 5.75 Å². The minimum absolute atomic E-state index is 0.0120. The number of methoxy groups -OCH3 is 1. The van der Waals surface area contributed by atoms with E-state index in [0.29, 0.717) is 42.3 Å². The average molecular weight is 377 g/mol. The molecule has 1 amide bonds. The van der Waals surface area contributed by atoms with E-state index in [4.69, 9.17) is 4.74 Å². The van der Waals surface area contributed by atoms with E-state index in [1.165, 1.54) is 0 Å². The van der Waals surface area contributed by atoms with Crippen LogP contribution in [0.3, 0.4) is 0 Å². The zero-order chi connectivity index (χ0) is 19.5. The third-order valence-corrected chi connectivity index (χ3v) is 4.72. The maximum atomic E-state index is 12.8. The van der Waals surface area contributed by atoms with Gasteiger partial charge in [0.05, 0.1) is 32.0 Å². The van der Waals surface area contributed by atoms with Crippen molar-refractivity contribution in [2.75, 3.05) is 13.7 Å². The Balaban J connectivity index is 1.56. The van der Waals surface area contributed by atoms with Crippen LogP contribution in [0.4, 0.5) is 0 Å². The van der Waals surface area contributed by atoms with Crippen LogP contribution in [0.1, 0.15) is 16.8 Å². The fourth-order valence-corrected chi connectivity index (χ4v) is 3.26. The van der Waals surface area contributed by atoms with Gasteiger partial charge in [-0.2, -0.15) is 0 Å². The van der Waals surface area contributed by atoms with Gasteiger partial charge in [-0.25, -0.2) is 9.97 Å². The molecule has 0 fully saturated rings. The molecule has 3 heterocycles. The highest BCUT2D eigenvalue weighted by atomic mass is 16.5. The zero-order valence-electron chi connectivity index (χ0n) is 15.4. The molecule has 0 atom stereocenters. The second-order valence-corrected chi connectivity index (χ2v) is 6.52. The largest absolute Gasteiger partial charge is 0.497 e. The zero-order valence-corrected chi connectivity index (χ0v) is 15.4. The van der Waals surface area contributed by atoms with E-state index in [1.807, 2.05) is 24.3 Å². The van der Waals surface area contributed by atoms with E-state index in [9.17, 15) is 9.59 Å². The number of H-pyrrole nitrogens is 1. The van der Waals surface area contributed by atoms with Gasteiger partial charge in [0.25, 0.3) is 5.56 Å². The molecule has 0 bridgehead atoms. The minimum atomic E-state index is -0.189. The van der Waals surface area contributed by atoms with E-state index in [2.05, 4.69) is 19.9 Å². The fourth-order valence-electron chi connectivity index (χ4n) is 3.26. The van der Waals surface area contributed by atoms with Gasteiger partial charge in [-0.05, 0) is 24.1 Å². The number of carbonyl (C=O) groups is 1. The lowest BCUT2D eigenvalue weighted by Gasteiger charge is -2.28. The predicted molar refractivity (Wildman–Crippen MR) is 102 cm³/mol. The molecule has 3 aromatic rings. The molecule has 1 aromatic carbocycles. The Morgan fingerprint density at radius 1 is 1.32 bits per heavy atom. The number of carbonyl (C=O) groups excluding carboxylic acids is 1. The lowest BCUT2D eigenvalue weighted by atomic mass is 10.0. The Kier molecular flexibility index (Phi) is 4.84. The van der Waals surface area contributed by atoms with Gasteiger partial charge in [0, 0.05) is 24.5 Å². The summed E-state index contributed by atoms with van der Waals surface area (Å²) in [6.07, 6.45) is 5.38. The maximum Gasteiger partial charge on any atom is 0.254 e. The number of hydrogen-bond acceptors (Lipinski definition) is 6. The van der Waals surface area contributed by atoms with Crippen molar-refractivity contribution in [1.29, 1.82) is 0 Å². The number of hydrogen-bond donors (Lipinski definition) is 1. The summed E-state index contributed by atoms with van der Waals surface area (Å²) in [5, 5.41) is 0. The number of nitrogens with one attached hydrogen (secondary N) is 1. The monoisotopic (exact) mass is 377 g/mol. The van der Waals surface area contributed by atoms with Gasteiger partial charge in [0.15, 0.2) is 5.82 Å². The van der Waals surface area contributed by atoms with E-state index in [0.717, 1.165) is 11.3 Å². The highest BCUT2D eigenvalue weighted by Gasteiger charge is 2.25. The van der Waals surface area contributed by atoms with E-state index < -0.39 is 0 Å². The van der Waals surface area contributed by atoms with Gasteiger partial charge in [0.1, 0.15) is 11.4 Å². The second kappa shape index (κ2) is 7.59. The molecule has 0 aliphatic carbocycles. The Hall–Kier alpha value is -3.55. The van der Waals surface area contributed by atoms with E-state index in [-0.39, 0.29) is 17.9 Å². The molecule has 0 unspecified atom stereocenters. The van der Waals surface area contributed by atoms with Gasteiger partial charge in [-0.15, -0.1) is 0 Å². The molecule has 0 saturated heterocycles. The highest BCUT2D eigenvalue weighted by Crippen LogP contribution is 2.19. The molecule has 28 heavy (non-hydrogen) atoms. The first-order chi connectivity index (χ1) is 13.6. The summed E-state index contributed by atoms with van der Waals surface area (Å²) in [4.78, 5) is 42.4. The van der Waals surface area contributed by atoms with Crippen molar-refractivity contribution in [3.05, 3.63) is 70.0 Å². The van der Waals surface area contributed by atoms with Crippen molar-refractivity contribution in [2.24, 2.45) is 0 Å². The van der Waals surface area contributed by atoms with Crippen LogP contribution in [0.15, 0.2) is 47.7 Å². The van der Waals surface area contributed by atoms with Gasteiger partial charge < -0.3 is 14.6 Å². The number of aromatic nitrogens is 4. The van der Waals surface area contributed by atoms with Crippen LogP contribution in [0.2, 0.25) is 0 Å². The van der Waals surface area contributed by atoms with Crippen LogP contribution in [0, 0.1) is 0 Å². The second-order valence-electron chi connectivity index (χ2n) is 6.52. The molecule has 4 rings (SSSR count). The molecule has 0 radical (unpaired) electrons. The maximum absolute atomic E-state index is 12.8. The molecule has 0 spiro atoms. The van der Waals surface area contributed by atoms with Crippen LogP contribution in [-0.4, -0.2) is 44.4 Å². The molecular weight excluding hydrogens is 358 g/mol. The first-order valence-corrected chi connectivity index (χ1v) is 8.93. The van der Waals surface area contributed by atoms with Gasteiger partial charge in [-0.3, -0.25) is 14.6 Å². The summed E-state index contributed by atoms with van der Waals surface area (Å²) in [7, 11) is 1.60. The van der Waals surface area contributed by atoms with Gasteiger partial charge in [-0.1, -0.05) is 12.1 Å². The molecule has 1 aliphatic rings. The topological polar surface area (TPSA) is 101 Å². The Bertz CT molecular complexity index is 1060. The van der Waals surface area contributed by atoms with E-state index >= 15 is 0 Å². The Morgan fingerprint density at radius 2 is 2.21 bits per heavy atom. The van der Waals surface area contributed by atoms with Crippen LogP contribution in [-0.2, 0) is 24.2 Å². The van der Waals surface area contributed by atoms with Gasteiger partial charge in [0.2, 0.25) is 5.91 Å². The van der Waals surface area contributed by atoms with E-state index in [1.54, 1.807) is 30.6 Å². The number of amides is 1. The summed E-state index contributed by atoms with van der Waals surface area (Å²) < 4.78 is 5.21. The summed E-state index contributed by atoms with van der Waals surface area (Å²) in [6.45, 7) is 0.792. The van der Waals surface area contributed by atoms with Crippen molar-refractivity contribution in [3.8, 4) is 17.3 Å². The SMILES string of the molecule is COc1cccc(CC(=O)N2CCc3c(nc(-c4cnccn4)[nH]c3=O)C2)c1. The molecule has 1 aliphatic heterocycles. The highest BCUT2D eigenvalue weighted by molar-refractivity contribution is 5.79. The molecule has 142 valence electrons. The van der Waals surface area contributed by atoms with Crippen LogP contribution >= 0.6 is 0 Å². The Morgan fingerprint density at radius 3 is 3.00 bits per heavy atom. The third-order valence-electron chi connectivity index (χ3n) is 4.72. The van der Waals surface area contributed by atoms with Gasteiger partial charge >= 0.3 is 0 Å². The van der Waals surface area contributed by atoms with Crippen molar-refractivity contribution < 1.29 is 9.53 Å². The number of benzene rings is 1. The predicted octanol–water partition coefficient (Wildman–Crippen LogP) is 1.36. The molecule has 2 aromatic heterocycles. The summed E-state index contributed by atoms with van der Waals surface area (Å²) >= 11 is 0. The van der Waals surface area contributed by atoms with Crippen molar-refractivity contribution in [3.63, 3.8) is 0 Å². The number of aromatic amines is 1. The first kappa shape index (κ1) is 17.8. The summed E-state index contributed by atoms with van der Waals surface area (Å²) in [5.41, 5.74) is 2.41. The first-order valence-electron chi connectivity index (χ1n) is 8.93. The molecule has 0 saturated carbocycles. The smallest absolute Gasteiger partial charge is 0.254 e. The van der Waals surface area contributed by atoms with Crippen LogP contribution in [0.25, 0.3) is 11.5 Å². The standard InChI is InChI=1S/C20H19N5O3/c1-28-14-4-2-3-13(9-14)10-18(26)25-8-5-15-17(12-25)23-19(24-20(15)27)16-11-21-6-7-22-16/h2-4,6-7,9,11H,5,8,10,12H2,1H3,(H,23,24,27). The molecule has 1 N–H and O–H groups in total. The summed E-state index contributed by atoms with van der Waals surface area (Å²) in [5.74, 6) is 1.07. The van der Waals surface area contributed by atoms with Crippen molar-refractivity contribution in [1.82, 2.24) is 24.8 Å². The molecular formula is C20H19N5O3. The van der Waals surface area contributed by atoms with Crippen molar-refractivity contribution >= 4 is 5.91 Å².